The number of hydrogen-bond donors (Lipinski definition) is 1. The molecule has 16 heavy (non-hydrogen) atoms. The van der Waals surface area contributed by atoms with Crippen LogP contribution in [0.3, 0.4) is 0 Å². The second-order valence-electron chi connectivity index (χ2n) is 4.90. The minimum atomic E-state index is 0.682. The molecule has 0 radical (unpaired) electrons. The first-order valence-electron chi connectivity index (χ1n) is 6.39. The maximum absolute atomic E-state index is 4.30. The van der Waals surface area contributed by atoms with Gasteiger partial charge in [0.2, 0.25) is 0 Å². The summed E-state index contributed by atoms with van der Waals surface area (Å²) in [6.07, 6.45) is 6.74. The fraction of sp³-hybridized carbons (Fsp3) is 0.833. The predicted octanol–water partition coefficient (Wildman–Crippen LogP) is 1.97. The third kappa shape index (κ3) is 2.82. The average molecular weight is 222 g/mol. The molecule has 1 aliphatic carbocycles. The smallest absolute Gasteiger partial charge is 0.140 e. The second-order valence-corrected chi connectivity index (χ2v) is 4.90. The van der Waals surface area contributed by atoms with Crippen molar-refractivity contribution in [2.24, 2.45) is 5.92 Å². The monoisotopic (exact) mass is 222 g/mol. The van der Waals surface area contributed by atoms with Gasteiger partial charge in [-0.15, -0.1) is 0 Å². The Bertz CT molecular complexity index is 321. The van der Waals surface area contributed by atoms with Gasteiger partial charge in [0.25, 0.3) is 0 Å². The molecule has 2 atom stereocenters. The molecule has 1 saturated carbocycles. The Morgan fingerprint density at radius 1 is 1.50 bits per heavy atom. The second kappa shape index (κ2) is 5.43. The molecule has 1 fully saturated rings. The van der Waals surface area contributed by atoms with E-state index in [2.05, 4.69) is 29.2 Å². The summed E-state index contributed by atoms with van der Waals surface area (Å²) in [5, 5.41) is 7.82. The van der Waals surface area contributed by atoms with E-state index in [9.17, 15) is 0 Å². The van der Waals surface area contributed by atoms with Gasteiger partial charge in [-0.25, -0.2) is 9.67 Å². The number of nitrogens with one attached hydrogen (secondary N) is 1. The predicted molar refractivity (Wildman–Crippen MR) is 64.0 cm³/mol. The van der Waals surface area contributed by atoms with E-state index < -0.39 is 0 Å². The largest absolute Gasteiger partial charge is 0.307 e. The molecule has 4 heteroatoms. The van der Waals surface area contributed by atoms with E-state index in [1.54, 1.807) is 6.33 Å². The molecule has 0 aromatic carbocycles. The number of aromatic nitrogens is 3. The molecule has 2 rings (SSSR count). The Balaban J connectivity index is 1.82. The zero-order chi connectivity index (χ0) is 11.4. The summed E-state index contributed by atoms with van der Waals surface area (Å²) in [5.74, 6) is 1.95. The lowest BCUT2D eigenvalue weighted by Crippen LogP contribution is -2.27. The van der Waals surface area contributed by atoms with E-state index in [-0.39, 0.29) is 0 Å². The van der Waals surface area contributed by atoms with Gasteiger partial charge in [0.15, 0.2) is 0 Å². The molecule has 90 valence electrons. The topological polar surface area (TPSA) is 42.7 Å². The van der Waals surface area contributed by atoms with Crippen LogP contribution in [0.2, 0.25) is 0 Å². The van der Waals surface area contributed by atoms with E-state index >= 15 is 0 Å². The molecule has 1 aromatic rings. The van der Waals surface area contributed by atoms with E-state index in [1.807, 2.05) is 4.68 Å². The third-order valence-corrected chi connectivity index (χ3v) is 3.37. The molecule has 0 amide bonds. The number of aryl methyl sites for hydroxylation is 1. The van der Waals surface area contributed by atoms with E-state index in [0.717, 1.165) is 31.3 Å². The molecular weight excluding hydrogens is 200 g/mol. The summed E-state index contributed by atoms with van der Waals surface area (Å²) < 4.78 is 2.01. The molecule has 1 heterocycles. The lowest BCUT2D eigenvalue weighted by Gasteiger charge is -2.12. The molecule has 0 saturated heterocycles. The van der Waals surface area contributed by atoms with Crippen LogP contribution in [-0.2, 0) is 13.1 Å². The van der Waals surface area contributed by atoms with Crippen molar-refractivity contribution >= 4 is 0 Å². The molecule has 0 bridgehead atoms. The van der Waals surface area contributed by atoms with Gasteiger partial charge in [0, 0.05) is 12.6 Å². The van der Waals surface area contributed by atoms with Crippen LogP contribution in [0.5, 0.6) is 0 Å². The average Bonchev–Trinajstić information content (AvgIpc) is 2.85. The molecule has 4 nitrogen and oxygen atoms in total. The van der Waals surface area contributed by atoms with Gasteiger partial charge in [0.05, 0.1) is 6.54 Å². The van der Waals surface area contributed by atoms with Crippen LogP contribution in [0.25, 0.3) is 0 Å². The first kappa shape index (κ1) is 11.6. The maximum Gasteiger partial charge on any atom is 0.140 e. The normalized spacial score (nSPS) is 25.1. The first-order valence-corrected chi connectivity index (χ1v) is 6.39. The van der Waals surface area contributed by atoms with Crippen molar-refractivity contribution in [3.8, 4) is 0 Å². The van der Waals surface area contributed by atoms with Crippen molar-refractivity contribution in [2.75, 3.05) is 0 Å². The van der Waals surface area contributed by atoms with Gasteiger partial charge in [-0.1, -0.05) is 13.8 Å². The highest BCUT2D eigenvalue weighted by atomic mass is 15.3. The van der Waals surface area contributed by atoms with Crippen molar-refractivity contribution in [1.29, 1.82) is 0 Å². The third-order valence-electron chi connectivity index (χ3n) is 3.37. The van der Waals surface area contributed by atoms with Crippen molar-refractivity contribution in [2.45, 2.75) is 58.7 Å². The van der Waals surface area contributed by atoms with Crippen LogP contribution < -0.4 is 5.32 Å². The fourth-order valence-corrected chi connectivity index (χ4v) is 2.45. The summed E-state index contributed by atoms with van der Waals surface area (Å²) >= 11 is 0. The van der Waals surface area contributed by atoms with Crippen LogP contribution in [0.15, 0.2) is 6.33 Å². The van der Waals surface area contributed by atoms with E-state index in [4.69, 9.17) is 0 Å². The lowest BCUT2D eigenvalue weighted by atomic mass is 10.1. The molecule has 1 aromatic heterocycles. The molecule has 2 unspecified atom stereocenters. The number of nitrogens with zero attached hydrogens (tertiary/aromatic N) is 3. The van der Waals surface area contributed by atoms with Crippen molar-refractivity contribution < 1.29 is 0 Å². The fourth-order valence-electron chi connectivity index (χ4n) is 2.45. The first-order chi connectivity index (χ1) is 7.79. The minimum Gasteiger partial charge on any atom is -0.307 e. The molecule has 0 aliphatic heterocycles. The van der Waals surface area contributed by atoms with Crippen LogP contribution in [0.4, 0.5) is 0 Å². The minimum absolute atomic E-state index is 0.682. The Labute approximate surface area is 97.5 Å². The SMILES string of the molecule is CCCn1ncnc1CNC1CCC(C)C1. The van der Waals surface area contributed by atoms with Crippen LogP contribution in [-0.4, -0.2) is 20.8 Å². The van der Waals surface area contributed by atoms with Crippen molar-refractivity contribution in [3.05, 3.63) is 12.2 Å². The van der Waals surface area contributed by atoms with Crippen LogP contribution >= 0.6 is 0 Å². The highest BCUT2D eigenvalue weighted by molar-refractivity contribution is 4.86. The van der Waals surface area contributed by atoms with Gasteiger partial charge < -0.3 is 5.32 Å². The van der Waals surface area contributed by atoms with E-state index in [0.29, 0.717) is 6.04 Å². The summed E-state index contributed by atoms with van der Waals surface area (Å²) in [5.41, 5.74) is 0. The quantitative estimate of drug-likeness (QED) is 0.828. The zero-order valence-corrected chi connectivity index (χ0v) is 10.3. The van der Waals surface area contributed by atoms with E-state index in [1.165, 1.54) is 19.3 Å². The summed E-state index contributed by atoms with van der Waals surface area (Å²) in [7, 11) is 0. The Kier molecular flexibility index (Phi) is 3.93. The number of hydrogen-bond acceptors (Lipinski definition) is 3. The van der Waals surface area contributed by atoms with Gasteiger partial charge >= 0.3 is 0 Å². The van der Waals surface area contributed by atoms with Gasteiger partial charge in [-0.3, -0.25) is 0 Å². The Morgan fingerprint density at radius 3 is 3.06 bits per heavy atom. The molecule has 1 N–H and O–H groups in total. The van der Waals surface area contributed by atoms with Gasteiger partial charge in [0.1, 0.15) is 12.2 Å². The summed E-state index contributed by atoms with van der Waals surface area (Å²) in [4.78, 5) is 4.30. The van der Waals surface area contributed by atoms with Gasteiger partial charge in [-0.05, 0) is 31.6 Å². The number of rotatable bonds is 5. The highest BCUT2D eigenvalue weighted by Crippen LogP contribution is 2.24. The van der Waals surface area contributed by atoms with Crippen molar-refractivity contribution in [1.82, 2.24) is 20.1 Å². The van der Waals surface area contributed by atoms with Gasteiger partial charge in [-0.2, -0.15) is 5.10 Å². The standard InChI is InChI=1S/C12H22N4/c1-3-6-16-12(14-9-15-16)8-13-11-5-4-10(2)7-11/h9-11,13H,3-8H2,1-2H3. The Hall–Kier alpha value is -0.900. The molecule has 0 spiro atoms. The lowest BCUT2D eigenvalue weighted by molar-refractivity contribution is 0.473. The highest BCUT2D eigenvalue weighted by Gasteiger charge is 2.20. The molecule has 1 aliphatic rings. The molecular formula is C12H22N4. The zero-order valence-electron chi connectivity index (χ0n) is 10.3. The van der Waals surface area contributed by atoms with Crippen molar-refractivity contribution in [3.63, 3.8) is 0 Å². The van der Waals surface area contributed by atoms with Crippen LogP contribution in [0.1, 0.15) is 45.4 Å². The maximum atomic E-state index is 4.30. The van der Waals surface area contributed by atoms with Crippen LogP contribution in [0, 0.1) is 5.92 Å². The Morgan fingerprint density at radius 2 is 2.38 bits per heavy atom. The summed E-state index contributed by atoms with van der Waals surface area (Å²) in [6, 6.07) is 0.682. The summed E-state index contributed by atoms with van der Waals surface area (Å²) in [6.45, 7) is 6.33.